The second-order valence-electron chi connectivity index (χ2n) is 9.22. The van der Waals surface area contributed by atoms with Crippen LogP contribution < -0.4 is 4.74 Å². The molecule has 3 aromatic carbocycles. The largest absolute Gasteiger partial charge is 0.508 e. The minimum Gasteiger partial charge on any atom is -0.508 e. The van der Waals surface area contributed by atoms with Gasteiger partial charge in [-0.1, -0.05) is 24.3 Å². The van der Waals surface area contributed by atoms with Crippen molar-refractivity contribution in [2.75, 3.05) is 26.2 Å². The van der Waals surface area contributed by atoms with Gasteiger partial charge in [-0.15, -0.1) is 0 Å². The molecule has 2 aliphatic rings. The van der Waals surface area contributed by atoms with E-state index in [9.17, 15) is 15.3 Å². The van der Waals surface area contributed by atoms with Crippen LogP contribution in [0.3, 0.4) is 0 Å². The maximum atomic E-state index is 10.3. The smallest absolute Gasteiger partial charge is 0.157 e. The number of ether oxygens (including phenoxy) is 1. The Morgan fingerprint density at radius 1 is 0.818 bits per heavy atom. The van der Waals surface area contributed by atoms with E-state index < -0.39 is 0 Å². The van der Waals surface area contributed by atoms with Crippen LogP contribution in [0.4, 0.5) is 0 Å². The summed E-state index contributed by atoms with van der Waals surface area (Å²) in [5.74, 6) is 1.19. The fraction of sp³-hybridized carbons (Fsp3) is 0.357. The highest BCUT2D eigenvalue weighted by Gasteiger charge is 2.33. The first kappa shape index (κ1) is 21.7. The molecule has 33 heavy (non-hydrogen) atoms. The summed E-state index contributed by atoms with van der Waals surface area (Å²) >= 11 is 0. The lowest BCUT2D eigenvalue weighted by atomic mass is 9.69. The number of phenols is 3. The molecular formula is C28H31NO4. The molecule has 1 saturated heterocycles. The van der Waals surface area contributed by atoms with Gasteiger partial charge in [-0.05, 0) is 103 Å². The zero-order valence-electron chi connectivity index (χ0n) is 18.8. The molecule has 0 aromatic heterocycles. The third-order valence-electron chi connectivity index (χ3n) is 7.13. The number of phenolic OH excluding ortho intramolecular Hbond substituents is 3. The van der Waals surface area contributed by atoms with Crippen molar-refractivity contribution in [1.82, 2.24) is 4.90 Å². The van der Waals surface area contributed by atoms with Crippen LogP contribution in [0, 0.1) is 0 Å². The Labute approximate surface area is 194 Å². The Morgan fingerprint density at radius 2 is 1.48 bits per heavy atom. The molecule has 0 radical (unpaired) electrons. The number of hydrogen-bond acceptors (Lipinski definition) is 5. The van der Waals surface area contributed by atoms with Crippen LogP contribution >= 0.6 is 0 Å². The van der Waals surface area contributed by atoms with Crippen molar-refractivity contribution in [2.24, 2.45) is 0 Å². The first-order valence-electron chi connectivity index (χ1n) is 11.9. The normalized spacial score (nSPS) is 20.5. The maximum Gasteiger partial charge on any atom is 0.157 e. The highest BCUT2D eigenvalue weighted by molar-refractivity contribution is 5.53. The van der Waals surface area contributed by atoms with Crippen molar-refractivity contribution in [2.45, 2.75) is 37.5 Å². The lowest BCUT2D eigenvalue weighted by Gasteiger charge is -2.35. The van der Waals surface area contributed by atoms with E-state index >= 15 is 0 Å². The standard InChI is InChI=1S/C28H31NO4/c30-22-8-3-19(4-9-22)24-12-7-21-17-26(31)27(32)18-25(21)28(24)20-5-10-23(11-6-20)33-16-15-29-13-1-2-14-29/h3-6,8-11,17-18,24,28,30-32H,1-2,7,12-16H2/t24-,28+/m1/s1. The van der Waals surface area contributed by atoms with Gasteiger partial charge in [0.05, 0.1) is 0 Å². The summed E-state index contributed by atoms with van der Waals surface area (Å²) in [7, 11) is 0. The average molecular weight is 446 g/mol. The predicted molar refractivity (Wildman–Crippen MR) is 128 cm³/mol. The van der Waals surface area contributed by atoms with Gasteiger partial charge in [-0.2, -0.15) is 0 Å². The molecule has 2 atom stereocenters. The Balaban J connectivity index is 1.42. The topological polar surface area (TPSA) is 73.2 Å². The molecule has 1 fully saturated rings. The van der Waals surface area contributed by atoms with E-state index in [1.807, 2.05) is 24.3 Å². The van der Waals surface area contributed by atoms with Gasteiger partial charge >= 0.3 is 0 Å². The molecule has 5 heteroatoms. The number of hydrogen-bond donors (Lipinski definition) is 3. The Bertz CT molecular complexity index is 1090. The third kappa shape index (κ3) is 4.64. The van der Waals surface area contributed by atoms with Gasteiger partial charge in [-0.3, -0.25) is 4.90 Å². The lowest BCUT2D eigenvalue weighted by Crippen LogP contribution is -2.25. The summed E-state index contributed by atoms with van der Waals surface area (Å²) < 4.78 is 6.00. The fourth-order valence-electron chi connectivity index (χ4n) is 5.40. The fourth-order valence-corrected chi connectivity index (χ4v) is 5.40. The Kier molecular flexibility index (Phi) is 6.14. The molecule has 5 rings (SSSR count). The first-order valence-corrected chi connectivity index (χ1v) is 11.9. The van der Waals surface area contributed by atoms with E-state index in [1.54, 1.807) is 24.3 Å². The summed E-state index contributed by atoms with van der Waals surface area (Å²) in [5, 5.41) is 30.1. The molecule has 1 aliphatic carbocycles. The van der Waals surface area contributed by atoms with Crippen LogP contribution in [0.1, 0.15) is 53.4 Å². The summed E-state index contributed by atoms with van der Waals surface area (Å²) in [6, 6.07) is 19.1. The monoisotopic (exact) mass is 445 g/mol. The Morgan fingerprint density at radius 3 is 2.21 bits per heavy atom. The first-order chi connectivity index (χ1) is 16.1. The van der Waals surface area contributed by atoms with Crippen LogP contribution in [0.25, 0.3) is 0 Å². The summed E-state index contributed by atoms with van der Waals surface area (Å²) in [6.45, 7) is 3.99. The van der Waals surface area contributed by atoms with Crippen LogP contribution in [0.15, 0.2) is 60.7 Å². The molecule has 0 amide bonds. The molecule has 5 nitrogen and oxygen atoms in total. The number of aryl methyl sites for hydroxylation is 1. The second-order valence-corrected chi connectivity index (χ2v) is 9.22. The SMILES string of the molecule is Oc1ccc([C@H]2CCc3cc(O)c(O)cc3[C@H]2c2ccc(OCCN3CCCC3)cc2)cc1. The predicted octanol–water partition coefficient (Wildman–Crippen LogP) is 5.14. The van der Waals surface area contributed by atoms with Crippen LogP contribution in [-0.4, -0.2) is 46.5 Å². The molecular weight excluding hydrogens is 414 g/mol. The van der Waals surface area contributed by atoms with Crippen molar-refractivity contribution in [3.8, 4) is 23.0 Å². The van der Waals surface area contributed by atoms with Gasteiger partial charge in [0.1, 0.15) is 18.1 Å². The maximum absolute atomic E-state index is 10.3. The quantitative estimate of drug-likeness (QED) is 0.458. The van der Waals surface area contributed by atoms with Gasteiger partial charge in [-0.25, -0.2) is 0 Å². The molecule has 3 N–H and O–H groups in total. The van der Waals surface area contributed by atoms with E-state index in [1.165, 1.54) is 25.9 Å². The Hall–Kier alpha value is -3.18. The number of aromatic hydroxyl groups is 3. The van der Waals surface area contributed by atoms with Crippen molar-refractivity contribution >= 4 is 0 Å². The van der Waals surface area contributed by atoms with Crippen LogP contribution in [0.2, 0.25) is 0 Å². The third-order valence-corrected chi connectivity index (χ3v) is 7.13. The summed E-state index contributed by atoms with van der Waals surface area (Å²) in [6.07, 6.45) is 4.31. The molecule has 0 saturated carbocycles. The van der Waals surface area contributed by atoms with Gasteiger partial charge in [0, 0.05) is 12.5 Å². The average Bonchev–Trinajstić information content (AvgIpc) is 3.34. The molecule has 0 unspecified atom stereocenters. The minimum atomic E-state index is -0.0908. The van der Waals surface area contributed by atoms with Gasteiger partial charge < -0.3 is 20.1 Å². The van der Waals surface area contributed by atoms with Crippen molar-refractivity contribution in [1.29, 1.82) is 0 Å². The summed E-state index contributed by atoms with van der Waals surface area (Å²) in [5.41, 5.74) is 4.40. The van der Waals surface area contributed by atoms with Crippen molar-refractivity contribution < 1.29 is 20.1 Å². The number of nitrogens with zero attached hydrogens (tertiary/aromatic N) is 1. The molecule has 172 valence electrons. The molecule has 3 aromatic rings. The number of fused-ring (bicyclic) bond motifs is 1. The van der Waals surface area contributed by atoms with Crippen LogP contribution in [0.5, 0.6) is 23.0 Å². The van der Waals surface area contributed by atoms with Crippen molar-refractivity contribution in [3.05, 3.63) is 82.9 Å². The van der Waals surface area contributed by atoms with Gasteiger partial charge in [0.25, 0.3) is 0 Å². The summed E-state index contributed by atoms with van der Waals surface area (Å²) in [4.78, 5) is 2.44. The molecule has 1 heterocycles. The molecule has 1 aliphatic heterocycles. The van der Waals surface area contributed by atoms with Gasteiger partial charge in [0.2, 0.25) is 0 Å². The van der Waals surface area contributed by atoms with Crippen LogP contribution in [-0.2, 0) is 6.42 Å². The van der Waals surface area contributed by atoms with E-state index in [2.05, 4.69) is 17.0 Å². The second kappa shape index (κ2) is 9.36. The van der Waals surface area contributed by atoms with E-state index in [4.69, 9.17) is 4.74 Å². The zero-order valence-corrected chi connectivity index (χ0v) is 18.8. The minimum absolute atomic E-state index is 0.0310. The van der Waals surface area contributed by atoms with E-state index in [0.29, 0.717) is 6.61 Å². The number of rotatable bonds is 6. The highest BCUT2D eigenvalue weighted by atomic mass is 16.5. The highest BCUT2D eigenvalue weighted by Crippen LogP contribution is 2.48. The van der Waals surface area contributed by atoms with Crippen molar-refractivity contribution in [3.63, 3.8) is 0 Å². The van der Waals surface area contributed by atoms with E-state index in [-0.39, 0.29) is 29.1 Å². The molecule has 0 spiro atoms. The lowest BCUT2D eigenvalue weighted by molar-refractivity contribution is 0.237. The van der Waals surface area contributed by atoms with E-state index in [0.717, 1.165) is 47.4 Å². The number of likely N-dealkylation sites (tertiary alicyclic amines) is 1. The number of benzene rings is 3. The zero-order chi connectivity index (χ0) is 22.8. The molecule has 0 bridgehead atoms. The van der Waals surface area contributed by atoms with Gasteiger partial charge in [0.15, 0.2) is 11.5 Å².